The van der Waals surface area contributed by atoms with Gasteiger partial charge in [0.25, 0.3) is 5.95 Å². The van der Waals surface area contributed by atoms with Crippen LogP contribution in [0.1, 0.15) is 5.56 Å². The molecule has 0 saturated carbocycles. The van der Waals surface area contributed by atoms with E-state index in [2.05, 4.69) is 25.0 Å². The molecule has 0 radical (unpaired) electrons. The van der Waals surface area contributed by atoms with Gasteiger partial charge in [-0.15, -0.1) is 0 Å². The standard InChI is InChI=1S/C13H14N8/c1-9-3-5-10(6-4-9)20(2)12-17-11(14)18-13(19-12)21-8-15-7-16-21/h3-8H,1-2H3,(H2,14,17,18,19). The number of nitrogen functional groups attached to an aromatic ring is 1. The molecule has 0 spiro atoms. The Morgan fingerprint density at radius 2 is 1.86 bits per heavy atom. The summed E-state index contributed by atoms with van der Waals surface area (Å²) in [5, 5.41) is 3.99. The summed E-state index contributed by atoms with van der Waals surface area (Å²) < 4.78 is 1.44. The van der Waals surface area contributed by atoms with Gasteiger partial charge in [-0.3, -0.25) is 0 Å². The van der Waals surface area contributed by atoms with Crippen molar-refractivity contribution in [3.8, 4) is 5.95 Å². The number of anilines is 3. The van der Waals surface area contributed by atoms with Crippen LogP contribution < -0.4 is 10.6 Å². The van der Waals surface area contributed by atoms with E-state index in [1.807, 2.05) is 43.1 Å². The molecule has 2 heterocycles. The Morgan fingerprint density at radius 3 is 2.52 bits per heavy atom. The summed E-state index contributed by atoms with van der Waals surface area (Å²) in [6.07, 6.45) is 2.91. The fourth-order valence-electron chi connectivity index (χ4n) is 1.82. The monoisotopic (exact) mass is 282 g/mol. The van der Waals surface area contributed by atoms with E-state index in [1.54, 1.807) is 0 Å². The average Bonchev–Trinajstić information content (AvgIpc) is 3.01. The molecule has 0 fully saturated rings. The van der Waals surface area contributed by atoms with E-state index < -0.39 is 0 Å². The van der Waals surface area contributed by atoms with Gasteiger partial charge in [0.05, 0.1) is 0 Å². The molecule has 8 nitrogen and oxygen atoms in total. The maximum absolute atomic E-state index is 5.76. The first-order valence-corrected chi connectivity index (χ1v) is 6.30. The van der Waals surface area contributed by atoms with Crippen LogP contribution >= 0.6 is 0 Å². The summed E-state index contributed by atoms with van der Waals surface area (Å²) in [6.45, 7) is 2.04. The smallest absolute Gasteiger partial charge is 0.258 e. The summed E-state index contributed by atoms with van der Waals surface area (Å²) in [6, 6.07) is 8.03. The molecule has 3 aromatic rings. The van der Waals surface area contributed by atoms with E-state index in [0.717, 1.165) is 5.69 Å². The number of hydrogen-bond acceptors (Lipinski definition) is 7. The predicted octanol–water partition coefficient (Wildman–Crippen LogP) is 1.11. The van der Waals surface area contributed by atoms with Crippen LogP contribution in [-0.4, -0.2) is 36.8 Å². The van der Waals surface area contributed by atoms with Crippen molar-refractivity contribution in [2.75, 3.05) is 17.7 Å². The molecule has 8 heteroatoms. The quantitative estimate of drug-likeness (QED) is 0.768. The third kappa shape index (κ3) is 2.64. The molecule has 0 aliphatic carbocycles. The lowest BCUT2D eigenvalue weighted by Gasteiger charge is -2.17. The second-order valence-corrected chi connectivity index (χ2v) is 4.53. The van der Waals surface area contributed by atoms with Crippen LogP contribution in [0, 0.1) is 6.92 Å². The van der Waals surface area contributed by atoms with Gasteiger partial charge in [0.15, 0.2) is 0 Å². The Hall–Kier alpha value is -3.03. The molecule has 2 N–H and O–H groups in total. The van der Waals surface area contributed by atoms with E-state index >= 15 is 0 Å². The van der Waals surface area contributed by atoms with Crippen molar-refractivity contribution in [1.29, 1.82) is 0 Å². The van der Waals surface area contributed by atoms with Crippen molar-refractivity contribution >= 4 is 17.6 Å². The van der Waals surface area contributed by atoms with Gasteiger partial charge in [0.1, 0.15) is 12.7 Å². The first-order chi connectivity index (χ1) is 10.1. The van der Waals surface area contributed by atoms with Crippen LogP contribution in [0.3, 0.4) is 0 Å². The van der Waals surface area contributed by atoms with Gasteiger partial charge in [0.2, 0.25) is 11.9 Å². The third-order valence-electron chi connectivity index (χ3n) is 2.97. The molecular formula is C13H14N8. The molecule has 0 amide bonds. The zero-order chi connectivity index (χ0) is 14.8. The lowest BCUT2D eigenvalue weighted by molar-refractivity contribution is 0.793. The Kier molecular flexibility index (Phi) is 3.19. The van der Waals surface area contributed by atoms with Crippen LogP contribution in [0.2, 0.25) is 0 Å². The largest absolute Gasteiger partial charge is 0.368 e. The number of hydrogen-bond donors (Lipinski definition) is 1. The minimum Gasteiger partial charge on any atom is -0.368 e. The summed E-state index contributed by atoms with van der Waals surface area (Å²) in [4.78, 5) is 18.3. The molecule has 0 aliphatic heterocycles. The topological polar surface area (TPSA) is 98.6 Å². The van der Waals surface area contributed by atoms with Crippen LogP contribution in [0.15, 0.2) is 36.9 Å². The zero-order valence-electron chi connectivity index (χ0n) is 11.7. The molecule has 1 aromatic carbocycles. The molecule has 21 heavy (non-hydrogen) atoms. The second-order valence-electron chi connectivity index (χ2n) is 4.53. The predicted molar refractivity (Wildman–Crippen MR) is 78.4 cm³/mol. The molecule has 106 valence electrons. The number of benzene rings is 1. The van der Waals surface area contributed by atoms with Crippen LogP contribution in [0.5, 0.6) is 0 Å². The number of aryl methyl sites for hydroxylation is 1. The fraction of sp³-hybridized carbons (Fsp3) is 0.154. The molecule has 0 bridgehead atoms. The minimum absolute atomic E-state index is 0.129. The van der Waals surface area contributed by atoms with Crippen molar-refractivity contribution in [2.24, 2.45) is 0 Å². The summed E-state index contributed by atoms with van der Waals surface area (Å²) in [5.41, 5.74) is 7.90. The number of rotatable bonds is 3. The Morgan fingerprint density at radius 1 is 1.10 bits per heavy atom. The molecular weight excluding hydrogens is 268 g/mol. The molecule has 0 unspecified atom stereocenters. The van der Waals surface area contributed by atoms with E-state index in [-0.39, 0.29) is 5.95 Å². The van der Waals surface area contributed by atoms with Crippen molar-refractivity contribution in [2.45, 2.75) is 6.92 Å². The van der Waals surface area contributed by atoms with Crippen molar-refractivity contribution in [3.05, 3.63) is 42.5 Å². The van der Waals surface area contributed by atoms with Gasteiger partial charge in [0, 0.05) is 12.7 Å². The highest BCUT2D eigenvalue weighted by Gasteiger charge is 2.12. The van der Waals surface area contributed by atoms with Crippen molar-refractivity contribution in [3.63, 3.8) is 0 Å². The first-order valence-electron chi connectivity index (χ1n) is 6.30. The SMILES string of the molecule is Cc1ccc(N(C)c2nc(N)nc(-n3cncn3)n2)cc1. The maximum atomic E-state index is 5.76. The van der Waals surface area contributed by atoms with Gasteiger partial charge < -0.3 is 10.6 Å². The normalized spacial score (nSPS) is 10.6. The van der Waals surface area contributed by atoms with E-state index in [9.17, 15) is 0 Å². The Bertz CT molecular complexity index is 735. The lowest BCUT2D eigenvalue weighted by atomic mass is 10.2. The van der Waals surface area contributed by atoms with Gasteiger partial charge >= 0.3 is 0 Å². The highest BCUT2D eigenvalue weighted by Crippen LogP contribution is 2.21. The highest BCUT2D eigenvalue weighted by atomic mass is 15.4. The average molecular weight is 282 g/mol. The Labute approximate surface area is 121 Å². The van der Waals surface area contributed by atoms with Gasteiger partial charge in [-0.1, -0.05) is 17.7 Å². The van der Waals surface area contributed by atoms with Crippen molar-refractivity contribution in [1.82, 2.24) is 29.7 Å². The summed E-state index contributed by atoms with van der Waals surface area (Å²) in [5.74, 6) is 0.898. The lowest BCUT2D eigenvalue weighted by Crippen LogP contribution is -2.17. The summed E-state index contributed by atoms with van der Waals surface area (Å²) >= 11 is 0. The van der Waals surface area contributed by atoms with Gasteiger partial charge in [-0.05, 0) is 19.1 Å². The second kappa shape index (κ2) is 5.16. The molecule has 0 atom stereocenters. The molecule has 2 aromatic heterocycles. The molecule has 0 saturated heterocycles. The number of nitrogens with two attached hydrogens (primary N) is 1. The number of aromatic nitrogens is 6. The minimum atomic E-state index is 0.129. The molecule has 3 rings (SSSR count). The van der Waals surface area contributed by atoms with E-state index in [1.165, 1.54) is 22.9 Å². The van der Waals surface area contributed by atoms with Gasteiger partial charge in [-0.25, -0.2) is 4.98 Å². The number of nitrogens with zero attached hydrogens (tertiary/aromatic N) is 7. The fourth-order valence-corrected chi connectivity index (χ4v) is 1.82. The van der Waals surface area contributed by atoms with Crippen molar-refractivity contribution < 1.29 is 0 Å². The highest BCUT2D eigenvalue weighted by molar-refractivity contribution is 5.57. The summed E-state index contributed by atoms with van der Waals surface area (Å²) in [7, 11) is 1.87. The molecule has 0 aliphatic rings. The van der Waals surface area contributed by atoms with E-state index in [4.69, 9.17) is 5.73 Å². The maximum Gasteiger partial charge on any atom is 0.258 e. The third-order valence-corrected chi connectivity index (χ3v) is 2.97. The van der Waals surface area contributed by atoms with Crippen LogP contribution in [-0.2, 0) is 0 Å². The van der Waals surface area contributed by atoms with Crippen LogP contribution in [0.4, 0.5) is 17.6 Å². The van der Waals surface area contributed by atoms with Crippen LogP contribution in [0.25, 0.3) is 5.95 Å². The Balaban J connectivity index is 2.00. The van der Waals surface area contributed by atoms with Gasteiger partial charge in [-0.2, -0.15) is 24.7 Å². The zero-order valence-corrected chi connectivity index (χ0v) is 11.7. The van der Waals surface area contributed by atoms with E-state index in [0.29, 0.717) is 11.9 Å². The first kappa shape index (κ1) is 13.0.